The van der Waals surface area contributed by atoms with Gasteiger partial charge in [0, 0.05) is 18.3 Å². The lowest BCUT2D eigenvalue weighted by Gasteiger charge is -2.10. The van der Waals surface area contributed by atoms with Crippen molar-refractivity contribution in [1.29, 1.82) is 0 Å². The number of nitrogens with one attached hydrogen (secondary N) is 1. The monoisotopic (exact) mass is 264 g/mol. The second kappa shape index (κ2) is 6.16. The molecule has 6 heteroatoms. The summed E-state index contributed by atoms with van der Waals surface area (Å²) in [6.07, 6.45) is 4.69. The van der Waals surface area contributed by atoms with E-state index in [2.05, 4.69) is 20.3 Å². The molecule has 0 bridgehead atoms. The number of anilines is 1. The molecule has 0 radical (unpaired) electrons. The van der Waals surface area contributed by atoms with E-state index in [0.29, 0.717) is 29.9 Å². The molecule has 0 aromatic carbocycles. The Kier molecular flexibility index (Phi) is 4.30. The Labute approximate surface area is 110 Å². The Morgan fingerprint density at radius 1 is 1.39 bits per heavy atom. The molecule has 0 fully saturated rings. The van der Waals surface area contributed by atoms with Gasteiger partial charge in [-0.1, -0.05) is 17.7 Å². The Balaban J connectivity index is 2.08. The van der Waals surface area contributed by atoms with E-state index in [1.54, 1.807) is 12.4 Å². The fourth-order valence-electron chi connectivity index (χ4n) is 1.45. The number of hydrogen-bond donors (Lipinski definition) is 1. The summed E-state index contributed by atoms with van der Waals surface area (Å²) >= 11 is 5.96. The molecule has 0 saturated carbocycles. The maximum absolute atomic E-state index is 5.96. The predicted molar refractivity (Wildman–Crippen MR) is 69.8 cm³/mol. The third-order valence-electron chi connectivity index (χ3n) is 2.24. The normalized spacial score (nSPS) is 10.1. The summed E-state index contributed by atoms with van der Waals surface area (Å²) in [6.45, 7) is 3.05. The molecule has 5 nitrogen and oxygen atoms in total. The Morgan fingerprint density at radius 2 is 2.28 bits per heavy atom. The number of ether oxygens (including phenoxy) is 1. The quantitative estimate of drug-likeness (QED) is 0.899. The highest BCUT2D eigenvalue weighted by atomic mass is 35.5. The molecule has 0 aliphatic heterocycles. The van der Waals surface area contributed by atoms with Crippen LogP contribution >= 0.6 is 11.6 Å². The summed E-state index contributed by atoms with van der Waals surface area (Å²) < 4.78 is 5.44. The van der Waals surface area contributed by atoms with Crippen LogP contribution in [0.4, 0.5) is 5.82 Å². The zero-order chi connectivity index (χ0) is 12.8. The minimum Gasteiger partial charge on any atom is -0.478 e. The van der Waals surface area contributed by atoms with Crippen molar-refractivity contribution in [2.75, 3.05) is 11.9 Å². The first kappa shape index (κ1) is 12.6. The largest absolute Gasteiger partial charge is 0.478 e. The summed E-state index contributed by atoms with van der Waals surface area (Å²) in [5.74, 6) is 1.22. The highest BCUT2D eigenvalue weighted by molar-refractivity contribution is 6.32. The van der Waals surface area contributed by atoms with E-state index >= 15 is 0 Å². The molecular formula is C12H13ClN4O. The lowest BCUT2D eigenvalue weighted by atomic mass is 10.2. The summed E-state index contributed by atoms with van der Waals surface area (Å²) in [6, 6.07) is 3.81. The minimum absolute atomic E-state index is 0.486. The van der Waals surface area contributed by atoms with E-state index in [9.17, 15) is 0 Å². The van der Waals surface area contributed by atoms with Crippen LogP contribution in [0.3, 0.4) is 0 Å². The van der Waals surface area contributed by atoms with Gasteiger partial charge in [-0.3, -0.25) is 0 Å². The van der Waals surface area contributed by atoms with Crippen molar-refractivity contribution in [3.05, 3.63) is 41.4 Å². The molecule has 2 aromatic rings. The number of nitrogens with zero attached hydrogens (tertiary/aromatic N) is 3. The number of pyridine rings is 1. The van der Waals surface area contributed by atoms with Crippen molar-refractivity contribution in [2.45, 2.75) is 13.5 Å². The molecule has 0 aliphatic rings. The second-order valence-electron chi connectivity index (χ2n) is 3.47. The van der Waals surface area contributed by atoms with Gasteiger partial charge in [-0.05, 0) is 13.0 Å². The number of hydrogen-bond acceptors (Lipinski definition) is 5. The lowest BCUT2D eigenvalue weighted by Crippen LogP contribution is -2.06. The van der Waals surface area contributed by atoms with Gasteiger partial charge < -0.3 is 10.1 Å². The van der Waals surface area contributed by atoms with Crippen LogP contribution in [0.5, 0.6) is 5.88 Å². The first-order valence-electron chi connectivity index (χ1n) is 5.57. The zero-order valence-corrected chi connectivity index (χ0v) is 10.7. The summed E-state index contributed by atoms with van der Waals surface area (Å²) in [5.41, 5.74) is 0.953. The molecule has 2 heterocycles. The van der Waals surface area contributed by atoms with Gasteiger partial charge >= 0.3 is 0 Å². The van der Waals surface area contributed by atoms with E-state index in [0.717, 1.165) is 5.56 Å². The zero-order valence-electron chi connectivity index (χ0n) is 9.93. The molecule has 1 N–H and O–H groups in total. The molecular weight excluding hydrogens is 252 g/mol. The average Bonchev–Trinajstić information content (AvgIpc) is 2.40. The van der Waals surface area contributed by atoms with Crippen molar-refractivity contribution in [3.63, 3.8) is 0 Å². The number of rotatable bonds is 5. The van der Waals surface area contributed by atoms with Crippen LogP contribution in [0.15, 0.2) is 30.9 Å². The van der Waals surface area contributed by atoms with Crippen molar-refractivity contribution < 1.29 is 4.74 Å². The standard InChI is InChI=1S/C12H13ClN4O/c1-2-18-12-9(4-3-5-15-12)6-16-11-10(13)7-14-8-17-11/h3-5,7-8H,2,6H2,1H3,(H,14,16,17). The average molecular weight is 265 g/mol. The van der Waals surface area contributed by atoms with Crippen LogP contribution in [-0.4, -0.2) is 21.6 Å². The highest BCUT2D eigenvalue weighted by Gasteiger charge is 2.05. The predicted octanol–water partition coefficient (Wildman–Crippen LogP) is 2.54. The van der Waals surface area contributed by atoms with Crippen LogP contribution < -0.4 is 10.1 Å². The van der Waals surface area contributed by atoms with Gasteiger partial charge in [-0.2, -0.15) is 0 Å². The van der Waals surface area contributed by atoms with E-state index < -0.39 is 0 Å². The number of halogens is 1. The van der Waals surface area contributed by atoms with Crippen LogP contribution in [-0.2, 0) is 6.54 Å². The molecule has 0 unspecified atom stereocenters. The molecule has 0 spiro atoms. The van der Waals surface area contributed by atoms with Gasteiger partial charge in [0.15, 0.2) is 0 Å². The van der Waals surface area contributed by atoms with E-state index in [-0.39, 0.29) is 0 Å². The van der Waals surface area contributed by atoms with Gasteiger partial charge in [-0.15, -0.1) is 0 Å². The molecule has 0 amide bonds. The molecule has 0 aliphatic carbocycles. The molecule has 2 aromatic heterocycles. The van der Waals surface area contributed by atoms with Gasteiger partial charge in [0.25, 0.3) is 0 Å². The van der Waals surface area contributed by atoms with Crippen LogP contribution in [0, 0.1) is 0 Å². The molecule has 94 valence electrons. The first-order chi connectivity index (χ1) is 8.81. The van der Waals surface area contributed by atoms with Crippen LogP contribution in [0.25, 0.3) is 0 Å². The maximum atomic E-state index is 5.96. The lowest BCUT2D eigenvalue weighted by molar-refractivity contribution is 0.323. The highest BCUT2D eigenvalue weighted by Crippen LogP contribution is 2.19. The molecule has 0 atom stereocenters. The molecule has 18 heavy (non-hydrogen) atoms. The summed E-state index contributed by atoms with van der Waals surface area (Å²) in [5, 5.41) is 3.61. The van der Waals surface area contributed by atoms with E-state index in [1.807, 2.05) is 19.1 Å². The summed E-state index contributed by atoms with van der Waals surface area (Å²) in [4.78, 5) is 12.1. The van der Waals surface area contributed by atoms with Crippen molar-refractivity contribution in [1.82, 2.24) is 15.0 Å². The Bertz CT molecular complexity index is 521. The van der Waals surface area contributed by atoms with Gasteiger partial charge in [0.1, 0.15) is 17.2 Å². The number of aromatic nitrogens is 3. The van der Waals surface area contributed by atoms with Crippen LogP contribution in [0.1, 0.15) is 12.5 Å². The van der Waals surface area contributed by atoms with E-state index in [4.69, 9.17) is 16.3 Å². The molecule has 2 rings (SSSR count). The van der Waals surface area contributed by atoms with Gasteiger partial charge in [0.2, 0.25) is 5.88 Å². The Hall–Kier alpha value is -1.88. The van der Waals surface area contributed by atoms with E-state index in [1.165, 1.54) is 6.33 Å². The topological polar surface area (TPSA) is 59.9 Å². The Morgan fingerprint density at radius 3 is 3.06 bits per heavy atom. The maximum Gasteiger partial charge on any atom is 0.218 e. The van der Waals surface area contributed by atoms with Crippen molar-refractivity contribution in [3.8, 4) is 5.88 Å². The fourth-order valence-corrected chi connectivity index (χ4v) is 1.62. The van der Waals surface area contributed by atoms with Crippen molar-refractivity contribution >= 4 is 17.4 Å². The van der Waals surface area contributed by atoms with Crippen molar-refractivity contribution in [2.24, 2.45) is 0 Å². The third-order valence-corrected chi connectivity index (χ3v) is 2.52. The van der Waals surface area contributed by atoms with Gasteiger partial charge in [-0.25, -0.2) is 15.0 Å². The van der Waals surface area contributed by atoms with Gasteiger partial charge in [0.05, 0.1) is 12.8 Å². The van der Waals surface area contributed by atoms with Crippen LogP contribution in [0.2, 0.25) is 5.02 Å². The second-order valence-corrected chi connectivity index (χ2v) is 3.88. The first-order valence-corrected chi connectivity index (χ1v) is 5.95. The SMILES string of the molecule is CCOc1ncccc1CNc1ncncc1Cl. The molecule has 0 saturated heterocycles. The minimum atomic E-state index is 0.486. The third kappa shape index (κ3) is 3.07. The summed E-state index contributed by atoms with van der Waals surface area (Å²) in [7, 11) is 0. The smallest absolute Gasteiger partial charge is 0.218 e. The fraction of sp³-hybridized carbons (Fsp3) is 0.250.